The van der Waals surface area contributed by atoms with Gasteiger partial charge in [0.1, 0.15) is 5.82 Å². The molecule has 0 aliphatic rings. The van der Waals surface area contributed by atoms with Crippen molar-refractivity contribution in [2.75, 3.05) is 0 Å². The molecule has 0 atom stereocenters. The van der Waals surface area contributed by atoms with E-state index in [9.17, 15) is 4.79 Å². The standard InChI is InChI=1S/C19H19N3O/c1-14(2)13-22-17-11-7-6-10-16(17)21-18(22)12-20-19(23)15-8-4-3-5-9-15/h3-11H,1,12-13H2,2H3,(H,20,23). The first kappa shape index (κ1) is 15.0. The summed E-state index contributed by atoms with van der Waals surface area (Å²) >= 11 is 0. The van der Waals surface area contributed by atoms with Crippen molar-refractivity contribution in [2.24, 2.45) is 0 Å². The van der Waals surface area contributed by atoms with E-state index in [1.165, 1.54) is 0 Å². The van der Waals surface area contributed by atoms with Gasteiger partial charge in [0, 0.05) is 12.1 Å². The van der Waals surface area contributed by atoms with E-state index in [0.29, 0.717) is 18.7 Å². The van der Waals surface area contributed by atoms with Gasteiger partial charge in [0.2, 0.25) is 0 Å². The Balaban J connectivity index is 1.84. The highest BCUT2D eigenvalue weighted by molar-refractivity contribution is 5.94. The number of nitrogens with one attached hydrogen (secondary N) is 1. The molecule has 0 spiro atoms. The lowest BCUT2D eigenvalue weighted by Gasteiger charge is -2.10. The van der Waals surface area contributed by atoms with E-state index in [1.807, 2.05) is 49.4 Å². The summed E-state index contributed by atoms with van der Waals surface area (Å²) in [7, 11) is 0. The zero-order chi connectivity index (χ0) is 16.2. The van der Waals surface area contributed by atoms with Gasteiger partial charge in [-0.2, -0.15) is 0 Å². The molecule has 4 heteroatoms. The average Bonchev–Trinajstić information content (AvgIpc) is 2.91. The summed E-state index contributed by atoms with van der Waals surface area (Å²) in [6.45, 7) is 7.05. The molecule has 0 bridgehead atoms. The predicted octanol–water partition coefficient (Wildman–Crippen LogP) is 3.54. The van der Waals surface area contributed by atoms with Crippen molar-refractivity contribution >= 4 is 16.9 Å². The van der Waals surface area contributed by atoms with Crippen molar-refractivity contribution in [2.45, 2.75) is 20.0 Å². The number of allylic oxidation sites excluding steroid dienone is 1. The van der Waals surface area contributed by atoms with Gasteiger partial charge >= 0.3 is 0 Å². The van der Waals surface area contributed by atoms with Crippen LogP contribution in [0.25, 0.3) is 11.0 Å². The molecule has 0 unspecified atom stereocenters. The maximum Gasteiger partial charge on any atom is 0.251 e. The molecule has 0 aliphatic carbocycles. The van der Waals surface area contributed by atoms with E-state index in [-0.39, 0.29) is 5.91 Å². The fourth-order valence-electron chi connectivity index (χ4n) is 2.56. The molecule has 3 rings (SSSR count). The van der Waals surface area contributed by atoms with E-state index >= 15 is 0 Å². The fraction of sp³-hybridized carbons (Fsp3) is 0.158. The minimum atomic E-state index is -0.0977. The maximum absolute atomic E-state index is 12.2. The smallest absolute Gasteiger partial charge is 0.251 e. The molecule has 23 heavy (non-hydrogen) atoms. The SMILES string of the molecule is C=C(C)Cn1c(CNC(=O)c2ccccc2)nc2ccccc21. The Kier molecular flexibility index (Phi) is 4.24. The summed E-state index contributed by atoms with van der Waals surface area (Å²) in [5.74, 6) is 0.734. The molecule has 0 radical (unpaired) electrons. The van der Waals surface area contributed by atoms with Crippen LogP contribution in [0.4, 0.5) is 0 Å². The number of amides is 1. The first-order valence-electron chi connectivity index (χ1n) is 7.57. The summed E-state index contributed by atoms with van der Waals surface area (Å²) in [6, 6.07) is 17.2. The molecule has 1 aromatic heterocycles. The van der Waals surface area contributed by atoms with Gasteiger partial charge in [-0.25, -0.2) is 4.98 Å². The zero-order valence-corrected chi connectivity index (χ0v) is 13.1. The van der Waals surface area contributed by atoms with Crippen LogP contribution >= 0.6 is 0 Å². The van der Waals surface area contributed by atoms with E-state index in [2.05, 4.69) is 21.4 Å². The monoisotopic (exact) mass is 305 g/mol. The van der Waals surface area contributed by atoms with Crippen LogP contribution in [0.15, 0.2) is 66.7 Å². The third-order valence-electron chi connectivity index (χ3n) is 3.60. The highest BCUT2D eigenvalue weighted by atomic mass is 16.1. The molecule has 0 saturated carbocycles. The first-order valence-corrected chi connectivity index (χ1v) is 7.57. The van der Waals surface area contributed by atoms with Gasteiger partial charge in [-0.05, 0) is 31.2 Å². The van der Waals surface area contributed by atoms with E-state index in [0.717, 1.165) is 22.4 Å². The molecule has 0 saturated heterocycles. The van der Waals surface area contributed by atoms with Gasteiger partial charge in [-0.15, -0.1) is 0 Å². The van der Waals surface area contributed by atoms with Gasteiger partial charge in [0.05, 0.1) is 17.6 Å². The Morgan fingerprint density at radius 2 is 1.83 bits per heavy atom. The van der Waals surface area contributed by atoms with Crippen LogP contribution in [0.2, 0.25) is 0 Å². The number of benzene rings is 2. The predicted molar refractivity (Wildman–Crippen MR) is 92.2 cm³/mol. The quantitative estimate of drug-likeness (QED) is 0.733. The van der Waals surface area contributed by atoms with E-state index in [4.69, 9.17) is 0 Å². The normalized spacial score (nSPS) is 10.7. The fourth-order valence-corrected chi connectivity index (χ4v) is 2.56. The Morgan fingerprint density at radius 1 is 1.13 bits per heavy atom. The molecular weight excluding hydrogens is 286 g/mol. The number of rotatable bonds is 5. The molecule has 1 N–H and O–H groups in total. The lowest BCUT2D eigenvalue weighted by molar-refractivity contribution is 0.0949. The van der Waals surface area contributed by atoms with Gasteiger partial charge in [0.25, 0.3) is 5.91 Å². The third-order valence-corrected chi connectivity index (χ3v) is 3.60. The van der Waals surface area contributed by atoms with Gasteiger partial charge in [-0.3, -0.25) is 4.79 Å². The Hall–Kier alpha value is -2.88. The molecule has 0 fully saturated rings. The summed E-state index contributed by atoms with van der Waals surface area (Å²) in [5.41, 5.74) is 3.68. The van der Waals surface area contributed by atoms with E-state index < -0.39 is 0 Å². The Labute approximate surface area is 135 Å². The molecule has 3 aromatic rings. The topological polar surface area (TPSA) is 46.9 Å². The van der Waals surface area contributed by atoms with Crippen molar-refractivity contribution in [3.63, 3.8) is 0 Å². The van der Waals surface area contributed by atoms with Crippen LogP contribution in [0.3, 0.4) is 0 Å². The van der Waals surface area contributed by atoms with Crippen molar-refractivity contribution < 1.29 is 4.79 Å². The number of hydrogen-bond donors (Lipinski definition) is 1. The van der Waals surface area contributed by atoms with Crippen molar-refractivity contribution in [3.8, 4) is 0 Å². The molecule has 1 heterocycles. The van der Waals surface area contributed by atoms with Crippen LogP contribution in [0.1, 0.15) is 23.1 Å². The van der Waals surface area contributed by atoms with Crippen molar-refractivity contribution in [1.29, 1.82) is 0 Å². The molecular formula is C19H19N3O. The molecule has 0 aliphatic heterocycles. The number of aromatic nitrogens is 2. The number of hydrogen-bond acceptors (Lipinski definition) is 2. The number of nitrogens with zero attached hydrogens (tertiary/aromatic N) is 2. The summed E-state index contributed by atoms with van der Waals surface area (Å²) < 4.78 is 2.10. The molecule has 1 amide bonds. The highest BCUT2D eigenvalue weighted by Crippen LogP contribution is 2.17. The first-order chi connectivity index (χ1) is 11.1. The zero-order valence-electron chi connectivity index (χ0n) is 13.1. The number of carbonyl (C=O) groups excluding carboxylic acids is 1. The number of fused-ring (bicyclic) bond motifs is 1. The van der Waals surface area contributed by atoms with Crippen LogP contribution in [-0.2, 0) is 13.1 Å². The summed E-state index contributed by atoms with van der Waals surface area (Å²) in [6.07, 6.45) is 0. The molecule has 4 nitrogen and oxygen atoms in total. The second-order valence-corrected chi connectivity index (χ2v) is 5.61. The van der Waals surface area contributed by atoms with Gasteiger partial charge < -0.3 is 9.88 Å². The van der Waals surface area contributed by atoms with Crippen molar-refractivity contribution in [3.05, 3.63) is 78.1 Å². The Morgan fingerprint density at radius 3 is 2.57 bits per heavy atom. The van der Waals surface area contributed by atoms with Gasteiger partial charge in [0.15, 0.2) is 0 Å². The minimum Gasteiger partial charge on any atom is -0.345 e. The van der Waals surface area contributed by atoms with Crippen LogP contribution in [0, 0.1) is 0 Å². The molecule has 116 valence electrons. The van der Waals surface area contributed by atoms with Gasteiger partial charge in [-0.1, -0.05) is 42.5 Å². The number of imidazole rings is 1. The summed E-state index contributed by atoms with van der Waals surface area (Å²) in [5, 5.41) is 2.94. The maximum atomic E-state index is 12.2. The third kappa shape index (κ3) is 3.31. The number of carbonyl (C=O) groups is 1. The van der Waals surface area contributed by atoms with Crippen LogP contribution < -0.4 is 5.32 Å². The van der Waals surface area contributed by atoms with Crippen molar-refractivity contribution in [1.82, 2.24) is 14.9 Å². The second-order valence-electron chi connectivity index (χ2n) is 5.61. The largest absolute Gasteiger partial charge is 0.345 e. The average molecular weight is 305 g/mol. The summed E-state index contributed by atoms with van der Waals surface area (Å²) in [4.78, 5) is 16.8. The number of para-hydroxylation sites is 2. The Bertz CT molecular complexity index is 849. The lowest BCUT2D eigenvalue weighted by Crippen LogP contribution is -2.24. The highest BCUT2D eigenvalue weighted by Gasteiger charge is 2.12. The van der Waals surface area contributed by atoms with Crippen LogP contribution in [0.5, 0.6) is 0 Å². The van der Waals surface area contributed by atoms with Crippen LogP contribution in [-0.4, -0.2) is 15.5 Å². The second kappa shape index (κ2) is 6.48. The van der Waals surface area contributed by atoms with E-state index in [1.54, 1.807) is 12.1 Å². The minimum absolute atomic E-state index is 0.0977. The lowest BCUT2D eigenvalue weighted by atomic mass is 10.2. The molecule has 2 aromatic carbocycles.